The standard InChI is InChI=1S/C7H7NO5S2/c1-4(9)6-3-5(8(10)11)7(14-6)15(2,12)13/h3H,1-2H3. The molecule has 0 aliphatic heterocycles. The van der Waals surface area contributed by atoms with Gasteiger partial charge in [-0.3, -0.25) is 14.9 Å². The lowest BCUT2D eigenvalue weighted by atomic mass is 10.3. The maximum Gasteiger partial charge on any atom is 0.299 e. The third-order valence-electron chi connectivity index (χ3n) is 1.56. The van der Waals surface area contributed by atoms with Crippen LogP contribution in [0.5, 0.6) is 0 Å². The molecule has 0 aliphatic rings. The molecule has 1 heterocycles. The maximum atomic E-state index is 11.2. The molecule has 0 fully saturated rings. The van der Waals surface area contributed by atoms with Gasteiger partial charge >= 0.3 is 0 Å². The molecule has 0 aliphatic carbocycles. The average Bonchev–Trinajstić information content (AvgIpc) is 2.45. The van der Waals surface area contributed by atoms with Crippen LogP contribution in [-0.2, 0) is 9.84 Å². The molecule has 0 saturated carbocycles. The summed E-state index contributed by atoms with van der Waals surface area (Å²) in [5.41, 5.74) is -0.535. The molecule has 0 radical (unpaired) electrons. The minimum Gasteiger partial charge on any atom is -0.294 e. The van der Waals surface area contributed by atoms with Crippen LogP contribution in [0.4, 0.5) is 5.69 Å². The summed E-state index contributed by atoms with van der Waals surface area (Å²) in [6, 6.07) is 0.989. The van der Waals surface area contributed by atoms with Gasteiger partial charge in [0.25, 0.3) is 5.69 Å². The lowest BCUT2D eigenvalue weighted by molar-refractivity contribution is -0.387. The van der Waals surface area contributed by atoms with Crippen molar-refractivity contribution >= 4 is 32.6 Å². The van der Waals surface area contributed by atoms with Crippen LogP contribution in [0, 0.1) is 10.1 Å². The Bertz CT molecular complexity index is 528. The monoisotopic (exact) mass is 249 g/mol. The Kier molecular flexibility index (Phi) is 2.91. The molecule has 1 aromatic rings. The molecule has 1 rings (SSSR count). The summed E-state index contributed by atoms with van der Waals surface area (Å²) >= 11 is 0.624. The number of carbonyl (C=O) groups is 1. The quantitative estimate of drug-likeness (QED) is 0.456. The largest absolute Gasteiger partial charge is 0.299 e. The van der Waals surface area contributed by atoms with E-state index in [9.17, 15) is 23.3 Å². The van der Waals surface area contributed by atoms with E-state index >= 15 is 0 Å². The van der Waals surface area contributed by atoms with Crippen LogP contribution in [0.3, 0.4) is 0 Å². The summed E-state index contributed by atoms with van der Waals surface area (Å²) in [6.07, 6.45) is 0.871. The first-order chi connectivity index (χ1) is 6.73. The molecular formula is C7H7NO5S2. The molecule has 82 valence electrons. The van der Waals surface area contributed by atoms with Gasteiger partial charge in [0.2, 0.25) is 0 Å². The zero-order valence-electron chi connectivity index (χ0n) is 7.88. The summed E-state index contributed by atoms with van der Waals surface area (Å²) in [7, 11) is -3.67. The van der Waals surface area contributed by atoms with Crippen molar-refractivity contribution in [2.75, 3.05) is 6.26 Å². The van der Waals surface area contributed by atoms with Crippen LogP contribution in [0.15, 0.2) is 10.3 Å². The summed E-state index contributed by atoms with van der Waals surface area (Å²) in [6.45, 7) is 1.22. The van der Waals surface area contributed by atoms with E-state index in [0.717, 1.165) is 12.3 Å². The van der Waals surface area contributed by atoms with Gasteiger partial charge in [0, 0.05) is 12.3 Å². The molecule has 8 heteroatoms. The van der Waals surface area contributed by atoms with Crippen LogP contribution in [0.2, 0.25) is 0 Å². The molecular weight excluding hydrogens is 242 g/mol. The first-order valence-corrected chi connectivity index (χ1v) is 6.43. The fourth-order valence-electron chi connectivity index (χ4n) is 0.931. The van der Waals surface area contributed by atoms with E-state index in [-0.39, 0.29) is 9.09 Å². The van der Waals surface area contributed by atoms with Crippen LogP contribution in [-0.4, -0.2) is 25.4 Å². The average molecular weight is 249 g/mol. The first-order valence-electron chi connectivity index (χ1n) is 3.72. The zero-order chi connectivity index (χ0) is 11.8. The third kappa shape index (κ3) is 2.39. The highest BCUT2D eigenvalue weighted by Crippen LogP contribution is 2.33. The summed E-state index contributed by atoms with van der Waals surface area (Å²) in [5.74, 6) is -0.391. The Labute approximate surface area is 89.6 Å². The lowest BCUT2D eigenvalue weighted by Gasteiger charge is -1.91. The van der Waals surface area contributed by atoms with E-state index in [1.807, 2.05) is 0 Å². The summed E-state index contributed by atoms with van der Waals surface area (Å²) in [5, 5.41) is 10.5. The fourth-order valence-corrected chi connectivity index (χ4v) is 3.07. The lowest BCUT2D eigenvalue weighted by Crippen LogP contribution is -1.98. The molecule has 1 aromatic heterocycles. The van der Waals surface area contributed by atoms with Crippen molar-refractivity contribution in [2.24, 2.45) is 0 Å². The smallest absolute Gasteiger partial charge is 0.294 e. The van der Waals surface area contributed by atoms with Crippen molar-refractivity contribution < 1.29 is 18.1 Å². The summed E-state index contributed by atoms with van der Waals surface area (Å²) < 4.78 is 22.0. The van der Waals surface area contributed by atoms with E-state index in [2.05, 4.69) is 0 Å². The summed E-state index contributed by atoms with van der Waals surface area (Å²) in [4.78, 5) is 20.8. The van der Waals surface area contributed by atoms with Crippen LogP contribution < -0.4 is 0 Å². The Hall–Kier alpha value is -1.28. The highest BCUT2D eigenvalue weighted by molar-refractivity contribution is 7.93. The van der Waals surface area contributed by atoms with Gasteiger partial charge in [-0.15, -0.1) is 11.3 Å². The maximum absolute atomic E-state index is 11.2. The molecule has 15 heavy (non-hydrogen) atoms. The van der Waals surface area contributed by atoms with Gasteiger partial charge in [-0.2, -0.15) is 0 Å². The molecule has 0 saturated heterocycles. The minimum atomic E-state index is -3.67. The highest BCUT2D eigenvalue weighted by Gasteiger charge is 2.27. The van der Waals surface area contributed by atoms with Crippen LogP contribution in [0.25, 0.3) is 0 Å². The van der Waals surface area contributed by atoms with Gasteiger partial charge in [-0.1, -0.05) is 0 Å². The van der Waals surface area contributed by atoms with Gasteiger partial charge in [0.05, 0.1) is 9.80 Å². The number of nitro groups is 1. The van der Waals surface area contributed by atoms with E-state index in [1.165, 1.54) is 6.92 Å². The Morgan fingerprint density at radius 3 is 2.33 bits per heavy atom. The Morgan fingerprint density at radius 2 is 2.07 bits per heavy atom. The van der Waals surface area contributed by atoms with Crippen molar-refractivity contribution in [2.45, 2.75) is 11.1 Å². The van der Waals surface area contributed by atoms with E-state index in [0.29, 0.717) is 11.3 Å². The normalized spacial score (nSPS) is 11.3. The predicted octanol–water partition coefficient (Wildman–Crippen LogP) is 1.26. The van der Waals surface area contributed by atoms with Crippen LogP contribution >= 0.6 is 11.3 Å². The molecule has 0 unspecified atom stereocenters. The second-order valence-corrected chi connectivity index (χ2v) is 6.13. The van der Waals surface area contributed by atoms with Crippen molar-refractivity contribution in [3.63, 3.8) is 0 Å². The number of ketones is 1. The molecule has 0 amide bonds. The van der Waals surface area contributed by atoms with E-state index in [4.69, 9.17) is 0 Å². The fraction of sp³-hybridized carbons (Fsp3) is 0.286. The highest BCUT2D eigenvalue weighted by atomic mass is 32.2. The van der Waals surface area contributed by atoms with Gasteiger partial charge in [-0.05, 0) is 6.92 Å². The van der Waals surface area contributed by atoms with Crippen molar-refractivity contribution in [3.05, 3.63) is 21.1 Å². The number of hydrogen-bond acceptors (Lipinski definition) is 6. The van der Waals surface area contributed by atoms with Gasteiger partial charge < -0.3 is 0 Å². The molecule has 0 atom stereocenters. The third-order valence-corrected chi connectivity index (χ3v) is 4.62. The van der Waals surface area contributed by atoms with Crippen molar-refractivity contribution in [1.82, 2.24) is 0 Å². The topological polar surface area (TPSA) is 94.3 Å². The second-order valence-electron chi connectivity index (χ2n) is 2.87. The van der Waals surface area contributed by atoms with Crippen LogP contribution in [0.1, 0.15) is 16.6 Å². The van der Waals surface area contributed by atoms with E-state index < -0.39 is 26.2 Å². The number of carbonyl (C=O) groups excluding carboxylic acids is 1. The van der Waals surface area contributed by atoms with Crippen molar-refractivity contribution in [3.8, 4) is 0 Å². The number of nitrogens with zero attached hydrogens (tertiary/aromatic N) is 1. The van der Waals surface area contributed by atoms with E-state index in [1.54, 1.807) is 0 Å². The molecule has 6 nitrogen and oxygen atoms in total. The number of hydrogen-bond donors (Lipinski definition) is 0. The predicted molar refractivity (Wildman–Crippen MR) is 54.1 cm³/mol. The zero-order valence-corrected chi connectivity index (χ0v) is 9.52. The van der Waals surface area contributed by atoms with Crippen molar-refractivity contribution in [1.29, 1.82) is 0 Å². The number of Topliss-reactive ketones (excluding diaryl/α,β-unsaturated/α-hetero) is 1. The number of sulfone groups is 1. The minimum absolute atomic E-state index is 0.0714. The molecule has 0 bridgehead atoms. The SMILES string of the molecule is CC(=O)c1cc([N+](=O)[O-])c(S(C)(=O)=O)s1. The Balaban J connectivity index is 3.51. The number of thiophene rings is 1. The molecule has 0 N–H and O–H groups in total. The molecule has 0 aromatic carbocycles. The molecule has 0 spiro atoms. The first kappa shape index (κ1) is 11.8. The Morgan fingerprint density at radius 1 is 1.53 bits per heavy atom. The number of rotatable bonds is 3. The van der Waals surface area contributed by atoms with Gasteiger partial charge in [0.15, 0.2) is 19.8 Å². The van der Waals surface area contributed by atoms with Gasteiger partial charge in [0.1, 0.15) is 0 Å². The second kappa shape index (κ2) is 3.70. The van der Waals surface area contributed by atoms with Gasteiger partial charge in [-0.25, -0.2) is 8.42 Å².